The Balaban J connectivity index is 0.000000141. The molecule has 2 heterocycles. The fourth-order valence-electron chi connectivity index (χ4n) is 18.3. The van der Waals surface area contributed by atoms with Crippen LogP contribution >= 0.6 is 15.9 Å². The van der Waals surface area contributed by atoms with Crippen molar-refractivity contribution in [2.45, 2.75) is 0 Å². The van der Waals surface area contributed by atoms with Crippen LogP contribution in [0.5, 0.6) is 0 Å². The summed E-state index contributed by atoms with van der Waals surface area (Å²) in [6.45, 7) is 0. The van der Waals surface area contributed by atoms with E-state index in [0.717, 1.165) is 88.3 Å². The molecule has 0 aliphatic rings. The summed E-state index contributed by atoms with van der Waals surface area (Å²) >= 11 is 3.47. The van der Waals surface area contributed by atoms with Gasteiger partial charge in [0, 0.05) is 67.0 Å². The number of anilines is 5. The van der Waals surface area contributed by atoms with Gasteiger partial charge in [0.15, 0.2) is 16.1 Å². The fraction of sp³-hybridized carbons (Fsp3) is 0. The van der Waals surface area contributed by atoms with E-state index >= 15 is 0 Å². The van der Waals surface area contributed by atoms with Crippen LogP contribution in [0.4, 0.5) is 28.4 Å². The number of furan rings is 2. The molecule has 20 aromatic carbocycles. The minimum atomic E-state index is -2.61. The summed E-state index contributed by atoms with van der Waals surface area (Å²) in [6, 6.07) is 188. The Morgan fingerprint density at radius 1 is 0.189 bits per heavy atom. The molecular weight excluding hydrogens is 1640 g/mol. The molecule has 22 rings (SSSR count). The van der Waals surface area contributed by atoms with Crippen molar-refractivity contribution < 1.29 is 10.3 Å². The molecule has 0 spiro atoms. The van der Waals surface area contributed by atoms with Crippen molar-refractivity contribution in [3.05, 3.63) is 526 Å². The lowest BCUT2D eigenvalue weighted by molar-refractivity contribution is 0.669. The van der Waals surface area contributed by atoms with Crippen LogP contribution in [-0.2, 0) is 0 Å². The molecule has 2 aromatic heterocycles. The van der Waals surface area contributed by atoms with Crippen LogP contribution in [-0.4, -0.2) is 16.1 Å². The maximum atomic E-state index is 6.42. The van der Waals surface area contributed by atoms with Gasteiger partial charge in [-0.1, -0.05) is 453 Å². The summed E-state index contributed by atoms with van der Waals surface area (Å²) in [6.07, 6.45) is 0. The Labute approximate surface area is 753 Å². The van der Waals surface area contributed by atoms with Crippen molar-refractivity contribution in [1.82, 2.24) is 0 Å². The van der Waals surface area contributed by atoms with E-state index < -0.39 is 16.1 Å². The summed E-state index contributed by atoms with van der Waals surface area (Å²) < 4.78 is 13.6. The Hall–Kier alpha value is -15.5. The van der Waals surface area contributed by atoms with E-state index in [1.807, 2.05) is 36.4 Å². The third-order valence-electron chi connectivity index (χ3n) is 24.5. The Bertz CT molecular complexity index is 7240. The molecule has 7 heteroatoms. The molecule has 0 fully saturated rings. The minimum Gasteiger partial charge on any atom is -0.455 e. The fourth-order valence-corrected chi connectivity index (χ4v) is 28.0. The molecule has 0 amide bonds. The van der Waals surface area contributed by atoms with E-state index in [9.17, 15) is 0 Å². The van der Waals surface area contributed by atoms with E-state index in [4.69, 9.17) is 8.83 Å². The topological polar surface area (TPSA) is 41.6 Å². The van der Waals surface area contributed by atoms with E-state index in [1.165, 1.54) is 96.8 Å². The van der Waals surface area contributed by atoms with E-state index in [2.05, 4.69) is 511 Å². The zero-order valence-corrected chi connectivity index (χ0v) is 73.4. The highest BCUT2D eigenvalue weighted by atomic mass is 79.9. The molecule has 0 unspecified atom stereocenters. The first-order valence-electron chi connectivity index (χ1n) is 43.2. The molecule has 4 nitrogen and oxygen atoms in total. The SMILES string of the molecule is Brc1ccc(-c2cccc3c2oc2ccccc23)cc1.[HH].c1ccc(-c2ccc(N(c3ccc(-c4ccc([Si](c5ccccc5)(c5ccccc5)c5ccccc5)cc4)cc3)c3ccc(-c4cccc5c4oc4ccccc45)cc3)cc2)cc1.c1ccc(-c2ccc(Nc3ccc(-c4ccc([Si](c5ccccc5)(c5ccccc5)c5ccccc5)cc4)cc3)cc2)cc1. The smallest absolute Gasteiger partial charge is 0.179 e. The number of hydrogen-bond acceptors (Lipinski definition) is 4. The number of halogens is 1. The van der Waals surface area contributed by atoms with Crippen molar-refractivity contribution in [1.29, 1.82) is 0 Å². The summed E-state index contributed by atoms with van der Waals surface area (Å²) in [5.41, 5.74) is 23.2. The van der Waals surface area contributed by atoms with Gasteiger partial charge in [-0.15, -0.1) is 0 Å². The molecule has 0 radical (unpaired) electrons. The number of benzene rings is 20. The Morgan fingerprint density at radius 3 is 0.709 bits per heavy atom. The molecular formula is C120H89BrN2O2Si2. The molecule has 0 aliphatic heterocycles. The summed E-state index contributed by atoms with van der Waals surface area (Å²) in [5, 5.41) is 19.2. The predicted molar refractivity (Wildman–Crippen MR) is 548 cm³/mol. The van der Waals surface area contributed by atoms with Crippen LogP contribution in [0, 0.1) is 0 Å². The number of nitrogens with zero attached hydrogens (tertiary/aromatic N) is 1. The lowest BCUT2D eigenvalue weighted by Gasteiger charge is -2.34. The second-order valence-corrected chi connectivity index (χ2v) is 40.4. The van der Waals surface area contributed by atoms with Crippen LogP contribution in [0.1, 0.15) is 1.43 Å². The molecule has 0 saturated heterocycles. The molecule has 0 bridgehead atoms. The molecule has 0 atom stereocenters. The standard InChI is InChI=1S/C60H43NOSi.C42H33NSi.C18H11BrO.H2/c1-5-16-44(17-6-1)45-28-36-49(37-29-45)61(51-40-32-48(33-41-51)56-25-15-26-58-57-24-13-14-27-59(57)62-60(56)58)50-38-30-46(31-39-50)47-34-42-55(43-35-47)63(52-18-7-2-8-19-52,53-20-9-3-10-21-53)54-22-11-4-12-23-54;1-5-13-33(14-6-1)34-21-27-37(28-22-34)43-38-29-23-35(24-30-38)36-25-31-42(32-26-36)44(39-15-7-2-8-16-39,40-17-9-3-10-18-40)41-19-11-4-12-20-41;19-13-10-8-12(9-11-13)14-5-3-6-16-15-4-1-2-7-17(15)20-18(14)16;/h1-43H;1-32,43H;1-11H;1H. The van der Waals surface area contributed by atoms with Gasteiger partial charge in [0.25, 0.3) is 0 Å². The van der Waals surface area contributed by atoms with Crippen molar-refractivity contribution in [2.75, 3.05) is 10.2 Å². The number of fused-ring (bicyclic) bond motifs is 6. The quantitative estimate of drug-likeness (QED) is 0.0647. The summed E-state index contributed by atoms with van der Waals surface area (Å²) in [7, 11) is -5.12. The average molecular weight is 1730 g/mol. The lowest BCUT2D eigenvalue weighted by Crippen LogP contribution is -2.74. The minimum absolute atomic E-state index is 0. The number of nitrogens with one attached hydrogen (secondary N) is 1. The maximum Gasteiger partial charge on any atom is 0.179 e. The van der Waals surface area contributed by atoms with Gasteiger partial charge in [-0.2, -0.15) is 0 Å². The van der Waals surface area contributed by atoms with Gasteiger partial charge in [0.2, 0.25) is 0 Å². The normalized spacial score (nSPS) is 11.3. The second kappa shape index (κ2) is 36.5. The lowest BCUT2D eigenvalue weighted by atomic mass is 10.0. The summed E-state index contributed by atoms with van der Waals surface area (Å²) in [5.74, 6) is 0. The highest BCUT2D eigenvalue weighted by Crippen LogP contribution is 2.42. The second-order valence-electron chi connectivity index (χ2n) is 31.9. The van der Waals surface area contributed by atoms with Gasteiger partial charge in [0.05, 0.1) is 0 Å². The van der Waals surface area contributed by atoms with Crippen molar-refractivity contribution >= 4 is 146 Å². The van der Waals surface area contributed by atoms with Crippen LogP contribution in [0.25, 0.3) is 111 Å². The van der Waals surface area contributed by atoms with Crippen LogP contribution < -0.4 is 51.7 Å². The van der Waals surface area contributed by atoms with Crippen LogP contribution in [0.3, 0.4) is 0 Å². The Kier molecular flexibility index (Phi) is 23.0. The largest absolute Gasteiger partial charge is 0.455 e. The molecule has 22 aromatic rings. The van der Waals surface area contributed by atoms with Crippen molar-refractivity contribution in [3.63, 3.8) is 0 Å². The Morgan fingerprint density at radius 2 is 0.409 bits per heavy atom. The number of para-hydroxylation sites is 4. The monoisotopic (exact) mass is 1720 g/mol. The van der Waals surface area contributed by atoms with Gasteiger partial charge in [-0.05, 0) is 182 Å². The highest BCUT2D eigenvalue weighted by Gasteiger charge is 2.43. The summed E-state index contributed by atoms with van der Waals surface area (Å²) in [4.78, 5) is 2.34. The molecule has 0 saturated carbocycles. The van der Waals surface area contributed by atoms with Gasteiger partial charge in [0.1, 0.15) is 22.3 Å². The van der Waals surface area contributed by atoms with E-state index in [1.54, 1.807) is 0 Å². The van der Waals surface area contributed by atoms with E-state index in [0.29, 0.717) is 0 Å². The molecule has 127 heavy (non-hydrogen) atoms. The highest BCUT2D eigenvalue weighted by molar-refractivity contribution is 9.10. The van der Waals surface area contributed by atoms with Gasteiger partial charge in [-0.25, -0.2) is 0 Å². The zero-order chi connectivity index (χ0) is 85.1. The third-order valence-corrected chi connectivity index (χ3v) is 34.6. The third kappa shape index (κ3) is 16.3. The van der Waals surface area contributed by atoms with E-state index in [-0.39, 0.29) is 1.43 Å². The van der Waals surface area contributed by atoms with Gasteiger partial charge in [-0.3, -0.25) is 0 Å². The number of rotatable bonds is 19. The molecule has 0 aliphatic carbocycles. The van der Waals surface area contributed by atoms with Gasteiger partial charge < -0.3 is 19.1 Å². The predicted octanol–water partition coefficient (Wildman–Crippen LogP) is 27.8. The molecule has 606 valence electrons. The maximum absolute atomic E-state index is 6.42. The first-order chi connectivity index (χ1) is 62.9. The van der Waals surface area contributed by atoms with Crippen molar-refractivity contribution in [2.24, 2.45) is 0 Å². The van der Waals surface area contributed by atoms with Gasteiger partial charge >= 0.3 is 0 Å². The number of hydrogen-bond donors (Lipinski definition) is 1. The molecule has 1 N–H and O–H groups in total. The first-order valence-corrected chi connectivity index (χ1v) is 48.0. The van der Waals surface area contributed by atoms with Crippen LogP contribution in [0.15, 0.2) is 535 Å². The first kappa shape index (κ1) is 80.0. The average Bonchev–Trinajstić information content (AvgIpc) is 1.09. The van der Waals surface area contributed by atoms with Crippen molar-refractivity contribution in [3.8, 4) is 66.8 Å². The van der Waals surface area contributed by atoms with Crippen LogP contribution in [0.2, 0.25) is 0 Å². The zero-order valence-electron chi connectivity index (χ0n) is 69.8.